The van der Waals surface area contributed by atoms with Crippen LogP contribution in [0.3, 0.4) is 0 Å². The summed E-state index contributed by atoms with van der Waals surface area (Å²) < 4.78 is 0. The Labute approximate surface area is 132 Å². The molecule has 112 valence electrons. The van der Waals surface area contributed by atoms with E-state index in [4.69, 9.17) is 11.6 Å². The van der Waals surface area contributed by atoms with Crippen molar-refractivity contribution in [3.63, 3.8) is 0 Å². The Morgan fingerprint density at radius 1 is 1.27 bits per heavy atom. The molecule has 0 atom stereocenters. The van der Waals surface area contributed by atoms with Crippen LogP contribution < -0.4 is 4.90 Å². The van der Waals surface area contributed by atoms with Crippen LogP contribution in [-0.2, 0) is 12.3 Å². The average molecular weight is 317 g/mol. The van der Waals surface area contributed by atoms with Crippen LogP contribution >= 0.6 is 11.6 Å². The van der Waals surface area contributed by atoms with Crippen molar-refractivity contribution in [1.29, 1.82) is 0 Å². The van der Waals surface area contributed by atoms with E-state index in [1.54, 1.807) is 29.2 Å². The smallest absolute Gasteiger partial charge is 0.269 e. The lowest BCUT2D eigenvalue weighted by molar-refractivity contribution is -0.384. The summed E-state index contributed by atoms with van der Waals surface area (Å²) in [5.41, 5.74) is 3.08. The number of nitro benzene ring substituents is 1. The number of anilines is 1. The van der Waals surface area contributed by atoms with Crippen LogP contribution in [0.5, 0.6) is 0 Å². The first-order chi connectivity index (χ1) is 10.6. The van der Waals surface area contributed by atoms with Gasteiger partial charge in [-0.25, -0.2) is 0 Å². The zero-order valence-corrected chi connectivity index (χ0v) is 12.4. The fraction of sp³-hybridized carbons (Fsp3) is 0.188. The van der Waals surface area contributed by atoms with E-state index in [9.17, 15) is 14.9 Å². The summed E-state index contributed by atoms with van der Waals surface area (Å²) in [6.45, 7) is 0.528. The summed E-state index contributed by atoms with van der Waals surface area (Å²) in [4.78, 5) is 24.7. The van der Waals surface area contributed by atoms with Crippen LogP contribution in [0.25, 0.3) is 0 Å². The topological polar surface area (TPSA) is 63.5 Å². The standard InChI is InChI=1S/C16H13ClN2O3/c17-10-11-2-1-3-13(8-11)16(20)18-7-6-12-9-14(19(21)22)4-5-15(12)18/h1-5,8-9H,6-7,10H2. The maximum atomic E-state index is 12.6. The molecule has 0 spiro atoms. The number of rotatable bonds is 3. The zero-order valence-electron chi connectivity index (χ0n) is 11.7. The minimum Gasteiger partial charge on any atom is -0.308 e. The van der Waals surface area contributed by atoms with Gasteiger partial charge in [0.1, 0.15) is 0 Å². The van der Waals surface area contributed by atoms with Gasteiger partial charge in [0, 0.05) is 35.8 Å². The maximum Gasteiger partial charge on any atom is 0.269 e. The Balaban J connectivity index is 1.92. The molecule has 2 aromatic rings. The Bertz CT molecular complexity index is 761. The molecule has 6 heteroatoms. The number of nitrogens with zero attached hydrogens (tertiary/aromatic N) is 2. The third-order valence-corrected chi connectivity index (χ3v) is 4.05. The number of hydrogen-bond acceptors (Lipinski definition) is 3. The number of hydrogen-bond donors (Lipinski definition) is 0. The Morgan fingerprint density at radius 3 is 2.82 bits per heavy atom. The second-order valence-corrected chi connectivity index (χ2v) is 5.38. The molecular weight excluding hydrogens is 304 g/mol. The van der Waals surface area contributed by atoms with Gasteiger partial charge in [-0.1, -0.05) is 12.1 Å². The monoisotopic (exact) mass is 316 g/mol. The number of carbonyl (C=O) groups is 1. The number of benzene rings is 2. The summed E-state index contributed by atoms with van der Waals surface area (Å²) in [7, 11) is 0. The molecule has 0 radical (unpaired) electrons. The second kappa shape index (κ2) is 5.77. The molecule has 5 nitrogen and oxygen atoms in total. The molecule has 1 aliphatic rings. The van der Waals surface area contributed by atoms with Gasteiger partial charge in [-0.2, -0.15) is 0 Å². The minimum absolute atomic E-state index is 0.0530. The summed E-state index contributed by atoms with van der Waals surface area (Å²) in [5.74, 6) is 0.240. The Kier molecular flexibility index (Phi) is 3.81. The predicted octanol–water partition coefficient (Wildman–Crippen LogP) is 3.54. The van der Waals surface area contributed by atoms with Crippen molar-refractivity contribution in [3.8, 4) is 0 Å². The molecule has 1 aliphatic heterocycles. The number of amides is 1. The van der Waals surface area contributed by atoms with Gasteiger partial charge in [-0.3, -0.25) is 14.9 Å². The summed E-state index contributed by atoms with van der Waals surface area (Å²) in [5, 5.41) is 10.8. The van der Waals surface area contributed by atoms with Gasteiger partial charge in [-0.15, -0.1) is 11.6 Å². The molecule has 1 heterocycles. The van der Waals surface area contributed by atoms with Crippen molar-refractivity contribution < 1.29 is 9.72 Å². The van der Waals surface area contributed by atoms with Gasteiger partial charge in [0.25, 0.3) is 11.6 Å². The van der Waals surface area contributed by atoms with E-state index in [1.165, 1.54) is 12.1 Å². The van der Waals surface area contributed by atoms with Crippen molar-refractivity contribution >= 4 is 28.9 Å². The van der Waals surface area contributed by atoms with Crippen molar-refractivity contribution in [2.45, 2.75) is 12.3 Å². The number of nitro groups is 1. The molecule has 0 bridgehead atoms. The number of non-ortho nitro benzene ring substituents is 1. The van der Waals surface area contributed by atoms with Crippen molar-refractivity contribution in [2.75, 3.05) is 11.4 Å². The molecule has 0 unspecified atom stereocenters. The molecular formula is C16H13ClN2O3. The number of alkyl halides is 1. The fourth-order valence-corrected chi connectivity index (χ4v) is 2.82. The highest BCUT2D eigenvalue weighted by Gasteiger charge is 2.27. The van der Waals surface area contributed by atoms with E-state index < -0.39 is 4.92 Å². The molecule has 0 saturated heterocycles. The first kappa shape index (κ1) is 14.5. The van der Waals surface area contributed by atoms with Crippen LogP contribution in [0.4, 0.5) is 11.4 Å². The van der Waals surface area contributed by atoms with Gasteiger partial charge < -0.3 is 4.90 Å². The van der Waals surface area contributed by atoms with Crippen LogP contribution in [0, 0.1) is 10.1 Å². The van der Waals surface area contributed by atoms with Crippen molar-refractivity contribution in [2.24, 2.45) is 0 Å². The van der Waals surface area contributed by atoms with Gasteiger partial charge in [-0.05, 0) is 35.7 Å². The summed E-state index contributed by atoms with van der Waals surface area (Å²) in [6.07, 6.45) is 0.623. The zero-order chi connectivity index (χ0) is 15.7. The highest BCUT2D eigenvalue weighted by atomic mass is 35.5. The molecule has 0 fully saturated rings. The summed E-state index contributed by atoms with van der Waals surface area (Å²) >= 11 is 5.80. The quantitative estimate of drug-likeness (QED) is 0.494. The summed E-state index contributed by atoms with van der Waals surface area (Å²) in [6, 6.07) is 11.8. The molecule has 0 aromatic heterocycles. The number of carbonyl (C=O) groups excluding carboxylic acids is 1. The van der Waals surface area contributed by atoms with Crippen LogP contribution in [-0.4, -0.2) is 17.4 Å². The van der Waals surface area contributed by atoms with Gasteiger partial charge >= 0.3 is 0 Å². The normalized spacial score (nSPS) is 13.0. The molecule has 1 amide bonds. The fourth-order valence-electron chi connectivity index (χ4n) is 2.66. The largest absolute Gasteiger partial charge is 0.308 e. The lowest BCUT2D eigenvalue weighted by atomic mass is 10.1. The van der Waals surface area contributed by atoms with Gasteiger partial charge in [0.2, 0.25) is 0 Å². The second-order valence-electron chi connectivity index (χ2n) is 5.11. The van der Waals surface area contributed by atoms with Crippen LogP contribution in [0.15, 0.2) is 42.5 Å². The molecule has 22 heavy (non-hydrogen) atoms. The van der Waals surface area contributed by atoms with E-state index in [2.05, 4.69) is 0 Å². The SMILES string of the molecule is O=C(c1cccc(CCl)c1)N1CCc2cc([N+](=O)[O-])ccc21. The van der Waals surface area contributed by atoms with E-state index in [0.29, 0.717) is 24.4 Å². The highest BCUT2D eigenvalue weighted by Crippen LogP contribution is 2.32. The highest BCUT2D eigenvalue weighted by molar-refractivity contribution is 6.17. The Morgan fingerprint density at radius 2 is 2.09 bits per heavy atom. The molecule has 0 aliphatic carbocycles. The molecule has 0 N–H and O–H groups in total. The van der Waals surface area contributed by atoms with E-state index in [0.717, 1.165) is 16.8 Å². The van der Waals surface area contributed by atoms with E-state index in [-0.39, 0.29) is 11.6 Å². The molecule has 3 rings (SSSR count). The lowest BCUT2D eigenvalue weighted by Crippen LogP contribution is -2.28. The molecule has 0 saturated carbocycles. The lowest BCUT2D eigenvalue weighted by Gasteiger charge is -2.17. The van der Waals surface area contributed by atoms with E-state index >= 15 is 0 Å². The predicted molar refractivity (Wildman–Crippen MR) is 84.5 cm³/mol. The average Bonchev–Trinajstić information content (AvgIpc) is 2.97. The van der Waals surface area contributed by atoms with Gasteiger partial charge in [0.15, 0.2) is 0 Å². The van der Waals surface area contributed by atoms with E-state index in [1.807, 2.05) is 6.07 Å². The third kappa shape index (κ3) is 2.55. The maximum absolute atomic E-state index is 12.6. The number of fused-ring (bicyclic) bond motifs is 1. The Hall–Kier alpha value is -2.40. The molecule has 2 aromatic carbocycles. The van der Waals surface area contributed by atoms with Crippen molar-refractivity contribution in [1.82, 2.24) is 0 Å². The third-order valence-electron chi connectivity index (χ3n) is 3.74. The number of halogens is 1. The first-order valence-electron chi connectivity index (χ1n) is 6.84. The minimum atomic E-state index is -0.422. The van der Waals surface area contributed by atoms with Crippen molar-refractivity contribution in [3.05, 3.63) is 69.3 Å². The van der Waals surface area contributed by atoms with Crippen LogP contribution in [0.1, 0.15) is 21.5 Å². The van der Waals surface area contributed by atoms with Gasteiger partial charge in [0.05, 0.1) is 4.92 Å². The van der Waals surface area contributed by atoms with Crippen LogP contribution in [0.2, 0.25) is 0 Å². The first-order valence-corrected chi connectivity index (χ1v) is 7.37.